The highest BCUT2D eigenvalue weighted by Gasteiger charge is 2.35. The van der Waals surface area contributed by atoms with Gasteiger partial charge in [0.15, 0.2) is 0 Å². The molecule has 1 unspecified atom stereocenters. The fourth-order valence-electron chi connectivity index (χ4n) is 3.55. The van der Waals surface area contributed by atoms with Crippen LogP contribution in [0.25, 0.3) is 0 Å². The standard InChI is InChI=1S/C24H31FN2O2/c1-7-10-21(24(4,5)6)27(23(29)18-14-16(2)13-17(3)15-18)26-22(28)19-11-8-9-12-20(19)25/h8-9,11-15,21H,7,10H2,1-6H3,(H,26,28). The first-order valence-corrected chi connectivity index (χ1v) is 10.0. The van der Waals surface area contributed by atoms with Crippen LogP contribution in [0.4, 0.5) is 4.39 Å². The molecule has 0 saturated carbocycles. The van der Waals surface area contributed by atoms with Crippen molar-refractivity contribution in [1.29, 1.82) is 0 Å². The second kappa shape index (κ2) is 9.21. The van der Waals surface area contributed by atoms with Crippen LogP contribution in [0.1, 0.15) is 72.4 Å². The molecule has 2 rings (SSSR count). The minimum atomic E-state index is -0.633. The number of hydrazine groups is 1. The average Bonchev–Trinajstić information content (AvgIpc) is 2.62. The van der Waals surface area contributed by atoms with Gasteiger partial charge in [-0.05, 0) is 49.9 Å². The van der Waals surface area contributed by atoms with E-state index >= 15 is 0 Å². The van der Waals surface area contributed by atoms with Gasteiger partial charge in [0, 0.05) is 5.56 Å². The molecule has 0 spiro atoms. The topological polar surface area (TPSA) is 49.4 Å². The molecule has 1 N–H and O–H groups in total. The molecule has 2 aromatic rings. The SMILES string of the molecule is CCCC(N(NC(=O)c1ccccc1F)C(=O)c1cc(C)cc(C)c1)C(C)(C)C. The van der Waals surface area contributed by atoms with Gasteiger partial charge in [-0.1, -0.05) is 63.4 Å². The van der Waals surface area contributed by atoms with Gasteiger partial charge in [0.25, 0.3) is 11.8 Å². The van der Waals surface area contributed by atoms with Crippen molar-refractivity contribution in [2.45, 2.75) is 60.4 Å². The highest BCUT2D eigenvalue weighted by atomic mass is 19.1. The van der Waals surface area contributed by atoms with Crippen molar-refractivity contribution in [3.63, 3.8) is 0 Å². The zero-order chi connectivity index (χ0) is 21.8. The third-order valence-corrected chi connectivity index (χ3v) is 4.90. The molecular formula is C24H31FN2O2. The Morgan fingerprint density at radius 3 is 2.17 bits per heavy atom. The van der Waals surface area contributed by atoms with Gasteiger partial charge in [-0.2, -0.15) is 0 Å². The van der Waals surface area contributed by atoms with Gasteiger partial charge in [0.05, 0.1) is 11.6 Å². The summed E-state index contributed by atoms with van der Waals surface area (Å²) in [6.07, 6.45) is 1.55. The van der Waals surface area contributed by atoms with Gasteiger partial charge >= 0.3 is 0 Å². The number of rotatable bonds is 5. The molecule has 0 saturated heterocycles. The lowest BCUT2D eigenvalue weighted by atomic mass is 9.83. The van der Waals surface area contributed by atoms with E-state index < -0.39 is 11.7 Å². The third-order valence-electron chi connectivity index (χ3n) is 4.90. The minimum Gasteiger partial charge on any atom is -0.267 e. The van der Waals surface area contributed by atoms with E-state index in [0.29, 0.717) is 12.0 Å². The van der Waals surface area contributed by atoms with Gasteiger partial charge in [0.2, 0.25) is 0 Å². The van der Waals surface area contributed by atoms with Gasteiger partial charge < -0.3 is 0 Å². The predicted octanol–water partition coefficient (Wildman–Crippen LogP) is 5.44. The number of benzene rings is 2. The number of aryl methyl sites for hydroxylation is 2. The summed E-state index contributed by atoms with van der Waals surface area (Å²) in [6, 6.07) is 11.1. The summed E-state index contributed by atoms with van der Waals surface area (Å²) in [5, 5.41) is 1.40. The van der Waals surface area contributed by atoms with Crippen LogP contribution in [-0.4, -0.2) is 22.9 Å². The molecule has 0 heterocycles. The first-order chi connectivity index (χ1) is 13.5. The van der Waals surface area contributed by atoms with Crippen molar-refractivity contribution in [3.8, 4) is 0 Å². The molecule has 2 amide bonds. The Morgan fingerprint density at radius 1 is 1.07 bits per heavy atom. The molecule has 156 valence electrons. The zero-order valence-corrected chi connectivity index (χ0v) is 18.2. The summed E-state index contributed by atoms with van der Waals surface area (Å²) in [5.74, 6) is -1.55. The molecule has 0 bridgehead atoms. The summed E-state index contributed by atoms with van der Waals surface area (Å²) >= 11 is 0. The van der Waals surface area contributed by atoms with Crippen molar-refractivity contribution >= 4 is 11.8 Å². The van der Waals surface area contributed by atoms with Crippen LogP contribution >= 0.6 is 0 Å². The van der Waals surface area contributed by atoms with Crippen LogP contribution in [0, 0.1) is 25.1 Å². The van der Waals surface area contributed by atoms with E-state index in [1.807, 2.05) is 59.7 Å². The molecule has 5 heteroatoms. The summed E-state index contributed by atoms with van der Waals surface area (Å²) in [7, 11) is 0. The van der Waals surface area contributed by atoms with Crippen LogP contribution in [0.3, 0.4) is 0 Å². The van der Waals surface area contributed by atoms with E-state index in [1.165, 1.54) is 23.2 Å². The Morgan fingerprint density at radius 2 is 1.66 bits per heavy atom. The van der Waals surface area contributed by atoms with Crippen molar-refractivity contribution in [2.24, 2.45) is 5.41 Å². The molecular weight excluding hydrogens is 367 g/mol. The number of hydrogen-bond donors (Lipinski definition) is 1. The van der Waals surface area contributed by atoms with Crippen LogP contribution in [0.15, 0.2) is 42.5 Å². The number of hydrogen-bond acceptors (Lipinski definition) is 2. The van der Waals surface area contributed by atoms with Crippen molar-refractivity contribution in [1.82, 2.24) is 10.4 Å². The lowest BCUT2D eigenvalue weighted by molar-refractivity contribution is 0.0269. The van der Waals surface area contributed by atoms with Gasteiger partial charge in [-0.3, -0.25) is 15.0 Å². The number of nitrogens with zero attached hydrogens (tertiary/aromatic N) is 1. The van der Waals surface area contributed by atoms with Crippen LogP contribution in [0.5, 0.6) is 0 Å². The maximum absolute atomic E-state index is 14.1. The first-order valence-electron chi connectivity index (χ1n) is 10.0. The molecule has 0 radical (unpaired) electrons. The summed E-state index contributed by atoms with van der Waals surface area (Å²) in [4.78, 5) is 26.3. The monoisotopic (exact) mass is 398 g/mol. The predicted molar refractivity (Wildman–Crippen MR) is 114 cm³/mol. The van der Waals surface area contributed by atoms with Gasteiger partial charge in [-0.15, -0.1) is 0 Å². The second-order valence-corrected chi connectivity index (χ2v) is 8.64. The van der Waals surface area contributed by atoms with Gasteiger partial charge in [-0.25, -0.2) is 9.40 Å². The van der Waals surface area contributed by atoms with Crippen LogP contribution in [-0.2, 0) is 0 Å². The van der Waals surface area contributed by atoms with Crippen LogP contribution < -0.4 is 5.43 Å². The molecule has 4 nitrogen and oxygen atoms in total. The van der Waals surface area contributed by atoms with Crippen molar-refractivity contribution in [2.75, 3.05) is 0 Å². The Balaban J connectivity index is 2.48. The number of carbonyl (C=O) groups is 2. The largest absolute Gasteiger partial charge is 0.272 e. The second-order valence-electron chi connectivity index (χ2n) is 8.64. The van der Waals surface area contributed by atoms with Crippen molar-refractivity contribution in [3.05, 3.63) is 70.5 Å². The Bertz CT molecular complexity index is 866. The number of halogens is 1. The summed E-state index contributed by atoms with van der Waals surface area (Å²) in [6.45, 7) is 12.0. The molecule has 0 aliphatic carbocycles. The maximum atomic E-state index is 14.1. The number of carbonyl (C=O) groups excluding carboxylic acids is 2. The quantitative estimate of drug-likeness (QED) is 0.682. The lowest BCUT2D eigenvalue weighted by Gasteiger charge is -2.40. The van der Waals surface area contributed by atoms with E-state index in [4.69, 9.17) is 0 Å². The van der Waals surface area contributed by atoms with Crippen molar-refractivity contribution < 1.29 is 14.0 Å². The van der Waals surface area contributed by atoms with Gasteiger partial charge in [0.1, 0.15) is 5.82 Å². The summed E-state index contributed by atoms with van der Waals surface area (Å²) in [5.41, 5.74) is 4.77. The average molecular weight is 399 g/mol. The Kier molecular flexibility index (Phi) is 7.17. The minimum absolute atomic E-state index is 0.0881. The lowest BCUT2D eigenvalue weighted by Crippen LogP contribution is -2.56. The Hall–Kier alpha value is -2.69. The van der Waals surface area contributed by atoms with E-state index in [9.17, 15) is 14.0 Å². The molecule has 0 aliphatic rings. The molecule has 0 fully saturated rings. The Labute approximate surface area is 173 Å². The third kappa shape index (κ3) is 5.66. The first kappa shape index (κ1) is 22.6. The van der Waals surface area contributed by atoms with E-state index in [0.717, 1.165) is 17.5 Å². The smallest absolute Gasteiger partial charge is 0.267 e. The summed E-state index contributed by atoms with van der Waals surface area (Å²) < 4.78 is 14.1. The number of nitrogens with one attached hydrogen (secondary N) is 1. The normalized spacial score (nSPS) is 12.4. The van der Waals surface area contributed by atoms with Crippen LogP contribution in [0.2, 0.25) is 0 Å². The van der Waals surface area contributed by atoms with E-state index in [2.05, 4.69) is 5.43 Å². The molecule has 29 heavy (non-hydrogen) atoms. The molecule has 1 atom stereocenters. The molecule has 0 aliphatic heterocycles. The fourth-order valence-corrected chi connectivity index (χ4v) is 3.55. The highest BCUT2D eigenvalue weighted by molar-refractivity contribution is 5.99. The maximum Gasteiger partial charge on any atom is 0.272 e. The van der Waals surface area contributed by atoms with E-state index in [1.54, 1.807) is 6.07 Å². The number of amides is 2. The highest BCUT2D eigenvalue weighted by Crippen LogP contribution is 2.29. The zero-order valence-electron chi connectivity index (χ0n) is 18.2. The van der Waals surface area contributed by atoms with E-state index in [-0.39, 0.29) is 22.9 Å². The molecule has 0 aromatic heterocycles. The molecule has 2 aromatic carbocycles. The fraction of sp³-hybridized carbons (Fsp3) is 0.417.